The number of hydrogen-bond acceptors (Lipinski definition) is 4. The molecule has 0 aliphatic carbocycles. The van der Waals surface area contributed by atoms with Gasteiger partial charge in [-0.1, -0.05) is 36.4 Å². The molecule has 0 bridgehead atoms. The highest BCUT2D eigenvalue weighted by Gasteiger charge is 2.18. The minimum absolute atomic E-state index is 0.230. The van der Waals surface area contributed by atoms with Gasteiger partial charge in [-0.25, -0.2) is 4.79 Å². The molecule has 0 aliphatic heterocycles. The number of aryl methyl sites for hydroxylation is 3. The van der Waals surface area contributed by atoms with E-state index in [9.17, 15) is 9.59 Å². The molecule has 0 radical (unpaired) electrons. The summed E-state index contributed by atoms with van der Waals surface area (Å²) in [5.41, 5.74) is 4.10. The number of carbonyl (C=O) groups is 2. The van der Waals surface area contributed by atoms with Crippen molar-refractivity contribution in [3.8, 4) is 5.75 Å². The number of ether oxygens (including phenoxy) is 2. The quantitative estimate of drug-likeness (QED) is 0.540. The molecule has 0 aliphatic rings. The number of rotatable bonds is 6. The van der Waals surface area contributed by atoms with Gasteiger partial charge < -0.3 is 14.5 Å². The smallest absolute Gasteiger partial charge is 0.344 e. The first-order chi connectivity index (χ1) is 12.5. The summed E-state index contributed by atoms with van der Waals surface area (Å²) in [6.45, 7) is 5.12. The number of esters is 1. The van der Waals surface area contributed by atoms with Crippen LogP contribution in [0.2, 0.25) is 0 Å². The van der Waals surface area contributed by atoms with Gasteiger partial charge in [-0.2, -0.15) is 0 Å². The first-order valence-electron chi connectivity index (χ1n) is 8.42. The minimum Gasteiger partial charge on any atom is -0.481 e. The number of nitrogens with one attached hydrogen (secondary N) is 1. The van der Waals surface area contributed by atoms with Crippen LogP contribution in [0.15, 0.2) is 42.5 Å². The Hall–Kier alpha value is -3.08. The second-order valence-corrected chi connectivity index (χ2v) is 6.26. The highest BCUT2D eigenvalue weighted by Crippen LogP contribution is 2.23. The van der Waals surface area contributed by atoms with Crippen molar-refractivity contribution >= 4 is 22.7 Å². The molecule has 0 spiro atoms. The molecule has 0 fully saturated rings. The highest BCUT2D eigenvalue weighted by atomic mass is 16.6. The molecule has 1 heterocycles. The van der Waals surface area contributed by atoms with Crippen LogP contribution in [0.4, 0.5) is 0 Å². The number of Topliss-reactive ketones (excluding diaryl/α,β-unsaturated/α-hetero) is 1. The standard InChI is InChI=1S/C21H21NO4/c1-13-7-6-8-14(2)21(13)26-12-19(24)25-11-18(23)20-15(3)22-17-10-5-4-9-16(17)20/h4-10,22H,11-12H2,1-3H3. The van der Waals surface area contributed by atoms with E-state index in [0.29, 0.717) is 11.3 Å². The summed E-state index contributed by atoms with van der Waals surface area (Å²) in [6, 6.07) is 13.3. The van der Waals surface area contributed by atoms with Crippen LogP contribution >= 0.6 is 0 Å². The number of benzene rings is 2. The highest BCUT2D eigenvalue weighted by molar-refractivity contribution is 6.10. The monoisotopic (exact) mass is 351 g/mol. The molecule has 0 saturated heterocycles. The van der Waals surface area contributed by atoms with Gasteiger partial charge in [0.1, 0.15) is 5.75 Å². The van der Waals surface area contributed by atoms with Gasteiger partial charge in [0.2, 0.25) is 5.78 Å². The van der Waals surface area contributed by atoms with Crippen LogP contribution in [0.3, 0.4) is 0 Å². The summed E-state index contributed by atoms with van der Waals surface area (Å²) >= 11 is 0. The van der Waals surface area contributed by atoms with E-state index in [1.807, 2.05) is 63.2 Å². The number of carbonyl (C=O) groups excluding carboxylic acids is 2. The van der Waals surface area contributed by atoms with E-state index < -0.39 is 5.97 Å². The fourth-order valence-electron chi connectivity index (χ4n) is 3.05. The third-order valence-electron chi connectivity index (χ3n) is 4.28. The van der Waals surface area contributed by atoms with Gasteiger partial charge in [0.05, 0.1) is 0 Å². The van der Waals surface area contributed by atoms with Crippen LogP contribution in [-0.4, -0.2) is 30.0 Å². The molecular formula is C21H21NO4. The molecule has 1 N–H and O–H groups in total. The Bertz CT molecular complexity index is 951. The third-order valence-corrected chi connectivity index (χ3v) is 4.28. The maximum Gasteiger partial charge on any atom is 0.344 e. The van der Waals surface area contributed by atoms with Gasteiger partial charge in [0.25, 0.3) is 0 Å². The summed E-state index contributed by atoms with van der Waals surface area (Å²) < 4.78 is 10.7. The van der Waals surface area contributed by atoms with Crippen LogP contribution in [-0.2, 0) is 9.53 Å². The van der Waals surface area contributed by atoms with Gasteiger partial charge in [-0.3, -0.25) is 4.79 Å². The molecular weight excluding hydrogens is 330 g/mol. The average Bonchev–Trinajstić information content (AvgIpc) is 2.95. The third kappa shape index (κ3) is 3.61. The topological polar surface area (TPSA) is 68.4 Å². The summed E-state index contributed by atoms with van der Waals surface area (Å²) in [5, 5.41) is 0.831. The zero-order chi connectivity index (χ0) is 18.7. The normalized spacial score (nSPS) is 10.7. The summed E-state index contributed by atoms with van der Waals surface area (Å²) in [7, 11) is 0. The number of H-pyrrole nitrogens is 1. The maximum atomic E-state index is 12.5. The molecule has 5 heteroatoms. The lowest BCUT2D eigenvalue weighted by Crippen LogP contribution is -2.20. The Morgan fingerprint density at radius 2 is 1.62 bits per heavy atom. The van der Waals surface area contributed by atoms with Crippen molar-refractivity contribution in [3.63, 3.8) is 0 Å². The Morgan fingerprint density at radius 1 is 0.923 bits per heavy atom. The van der Waals surface area contributed by atoms with Crippen LogP contribution in [0.25, 0.3) is 10.9 Å². The zero-order valence-electron chi connectivity index (χ0n) is 15.1. The van der Waals surface area contributed by atoms with E-state index in [1.54, 1.807) is 0 Å². The van der Waals surface area contributed by atoms with Crippen molar-refractivity contribution in [3.05, 3.63) is 64.8 Å². The van der Waals surface area contributed by atoms with Gasteiger partial charge >= 0.3 is 5.97 Å². The SMILES string of the molecule is Cc1cccc(C)c1OCC(=O)OCC(=O)c1c(C)[nH]c2ccccc12. The summed E-state index contributed by atoms with van der Waals surface area (Å²) in [5.74, 6) is -0.137. The van der Waals surface area contributed by atoms with E-state index in [4.69, 9.17) is 9.47 Å². The van der Waals surface area contributed by atoms with Gasteiger partial charge in [0.15, 0.2) is 13.2 Å². The Labute approximate surface area is 151 Å². The van der Waals surface area contributed by atoms with E-state index in [-0.39, 0.29) is 19.0 Å². The molecule has 134 valence electrons. The predicted molar refractivity (Wildman–Crippen MR) is 99.7 cm³/mol. The minimum atomic E-state index is -0.571. The molecule has 5 nitrogen and oxygen atoms in total. The van der Waals surface area contributed by atoms with Crippen molar-refractivity contribution in [1.29, 1.82) is 0 Å². The number of ketones is 1. The molecule has 0 atom stereocenters. The second kappa shape index (κ2) is 7.44. The predicted octanol–water partition coefficient (Wildman–Crippen LogP) is 3.90. The van der Waals surface area contributed by atoms with Gasteiger partial charge in [-0.15, -0.1) is 0 Å². The number of aromatic nitrogens is 1. The lowest BCUT2D eigenvalue weighted by atomic mass is 10.1. The Balaban J connectivity index is 1.61. The number of aromatic amines is 1. The van der Waals surface area contributed by atoms with Crippen LogP contribution < -0.4 is 4.74 Å². The van der Waals surface area contributed by atoms with Crippen LogP contribution in [0.5, 0.6) is 5.75 Å². The molecule has 0 saturated carbocycles. The number of hydrogen-bond donors (Lipinski definition) is 1. The number of fused-ring (bicyclic) bond motifs is 1. The first-order valence-corrected chi connectivity index (χ1v) is 8.42. The van der Waals surface area contributed by atoms with Crippen molar-refractivity contribution in [2.24, 2.45) is 0 Å². The fraction of sp³-hybridized carbons (Fsp3) is 0.238. The molecule has 26 heavy (non-hydrogen) atoms. The first kappa shape index (κ1) is 17.7. The van der Waals surface area contributed by atoms with Crippen molar-refractivity contribution < 1.29 is 19.1 Å². The van der Waals surface area contributed by atoms with Crippen molar-refractivity contribution in [2.45, 2.75) is 20.8 Å². The van der Waals surface area contributed by atoms with Crippen molar-refractivity contribution in [1.82, 2.24) is 4.98 Å². The number of para-hydroxylation sites is 2. The molecule has 3 aromatic rings. The lowest BCUT2D eigenvalue weighted by molar-refractivity contribution is -0.144. The van der Waals surface area contributed by atoms with Gasteiger partial charge in [-0.05, 0) is 38.0 Å². The van der Waals surface area contributed by atoms with E-state index in [0.717, 1.165) is 27.7 Å². The lowest BCUT2D eigenvalue weighted by Gasteiger charge is -2.11. The largest absolute Gasteiger partial charge is 0.481 e. The van der Waals surface area contributed by atoms with Crippen molar-refractivity contribution in [2.75, 3.05) is 13.2 Å². The summed E-state index contributed by atoms with van der Waals surface area (Å²) in [6.07, 6.45) is 0. The fourth-order valence-corrected chi connectivity index (χ4v) is 3.05. The Kier molecular flexibility index (Phi) is 5.07. The molecule has 3 rings (SSSR count). The summed E-state index contributed by atoms with van der Waals surface area (Å²) in [4.78, 5) is 27.6. The van der Waals surface area contributed by atoms with Crippen LogP contribution in [0, 0.1) is 20.8 Å². The Morgan fingerprint density at radius 3 is 2.35 bits per heavy atom. The zero-order valence-corrected chi connectivity index (χ0v) is 15.1. The average molecular weight is 351 g/mol. The maximum absolute atomic E-state index is 12.5. The van der Waals surface area contributed by atoms with Gasteiger partial charge in [0, 0.05) is 22.2 Å². The van der Waals surface area contributed by atoms with E-state index >= 15 is 0 Å². The van der Waals surface area contributed by atoms with E-state index in [1.165, 1.54) is 0 Å². The molecule has 0 unspecified atom stereocenters. The van der Waals surface area contributed by atoms with Crippen LogP contribution in [0.1, 0.15) is 27.2 Å². The molecule has 0 amide bonds. The van der Waals surface area contributed by atoms with E-state index in [2.05, 4.69) is 4.98 Å². The molecule has 2 aromatic carbocycles. The molecule has 1 aromatic heterocycles. The second-order valence-electron chi connectivity index (χ2n) is 6.26.